The molecule has 0 spiro atoms. The summed E-state index contributed by atoms with van der Waals surface area (Å²) >= 11 is 2.00. The number of fused-ring (bicyclic) bond motifs is 1. The van der Waals surface area contributed by atoms with E-state index in [0.29, 0.717) is 0 Å². The minimum Gasteiger partial charge on any atom is -0.312 e. The number of likely N-dealkylation sites (tertiary alicyclic amines) is 1. The molecular weight excluding hydrogens is 276 g/mol. The molecule has 2 nitrogen and oxygen atoms in total. The van der Waals surface area contributed by atoms with Gasteiger partial charge in [0.05, 0.1) is 0 Å². The van der Waals surface area contributed by atoms with Crippen molar-refractivity contribution >= 4 is 11.3 Å². The molecule has 2 heterocycles. The lowest BCUT2D eigenvalue weighted by atomic mass is 9.75. The van der Waals surface area contributed by atoms with Gasteiger partial charge in [-0.15, -0.1) is 11.3 Å². The molecule has 3 heteroatoms. The normalized spacial score (nSPS) is 26.7. The highest BCUT2D eigenvalue weighted by Gasteiger charge is 2.30. The highest BCUT2D eigenvalue weighted by atomic mass is 32.1. The fourth-order valence-corrected chi connectivity index (χ4v) is 5.06. The van der Waals surface area contributed by atoms with Crippen molar-refractivity contribution in [2.75, 3.05) is 19.6 Å². The summed E-state index contributed by atoms with van der Waals surface area (Å²) in [5.74, 6) is 2.05. The van der Waals surface area contributed by atoms with Crippen molar-refractivity contribution in [3.8, 4) is 0 Å². The second-order valence-electron chi connectivity index (χ2n) is 6.87. The Morgan fingerprint density at radius 3 is 2.81 bits per heavy atom. The van der Waals surface area contributed by atoms with Crippen LogP contribution in [0.2, 0.25) is 0 Å². The van der Waals surface area contributed by atoms with Gasteiger partial charge in [0.25, 0.3) is 0 Å². The van der Waals surface area contributed by atoms with Crippen LogP contribution < -0.4 is 5.32 Å². The topological polar surface area (TPSA) is 15.3 Å². The molecule has 1 aromatic rings. The summed E-state index contributed by atoms with van der Waals surface area (Å²) in [6.45, 7) is 8.25. The molecule has 2 aliphatic rings. The van der Waals surface area contributed by atoms with E-state index in [-0.39, 0.29) is 0 Å². The van der Waals surface area contributed by atoms with Crippen molar-refractivity contribution in [3.05, 3.63) is 21.9 Å². The van der Waals surface area contributed by atoms with Gasteiger partial charge in [0.1, 0.15) is 0 Å². The van der Waals surface area contributed by atoms with E-state index in [4.69, 9.17) is 0 Å². The van der Waals surface area contributed by atoms with Gasteiger partial charge in [0, 0.05) is 29.4 Å². The third kappa shape index (κ3) is 4.30. The average Bonchev–Trinajstić information content (AvgIpc) is 2.95. The Labute approximate surface area is 133 Å². The number of nitrogens with zero attached hydrogens (tertiary/aromatic N) is 1. The van der Waals surface area contributed by atoms with Gasteiger partial charge >= 0.3 is 0 Å². The van der Waals surface area contributed by atoms with E-state index in [1.807, 2.05) is 11.3 Å². The molecule has 1 aliphatic carbocycles. The van der Waals surface area contributed by atoms with Crippen LogP contribution in [0.4, 0.5) is 0 Å². The molecule has 118 valence electrons. The molecular formula is C18H30N2S. The Morgan fingerprint density at radius 2 is 1.95 bits per heavy atom. The summed E-state index contributed by atoms with van der Waals surface area (Å²) in [6, 6.07) is 4.66. The monoisotopic (exact) mass is 306 g/mol. The quantitative estimate of drug-likeness (QED) is 0.790. The second-order valence-corrected chi connectivity index (χ2v) is 8.13. The fourth-order valence-electron chi connectivity index (χ4n) is 4.03. The number of rotatable bonds is 6. The molecule has 0 radical (unpaired) electrons. The molecule has 1 aliphatic heterocycles. The van der Waals surface area contributed by atoms with Gasteiger partial charge in [0.2, 0.25) is 0 Å². The largest absolute Gasteiger partial charge is 0.312 e. The predicted octanol–water partition coefficient (Wildman–Crippen LogP) is 4.26. The smallest absolute Gasteiger partial charge is 0.0328 e. The number of nitrogens with one attached hydrogen (secondary N) is 1. The molecule has 1 saturated carbocycles. The highest BCUT2D eigenvalue weighted by Crippen LogP contribution is 2.36. The molecule has 0 amide bonds. The zero-order chi connectivity index (χ0) is 14.5. The van der Waals surface area contributed by atoms with Crippen LogP contribution >= 0.6 is 11.3 Å². The third-order valence-electron chi connectivity index (χ3n) is 5.20. The van der Waals surface area contributed by atoms with E-state index in [2.05, 4.69) is 29.3 Å². The van der Waals surface area contributed by atoms with Crippen molar-refractivity contribution in [2.24, 2.45) is 11.8 Å². The molecule has 0 bridgehead atoms. The number of hydrogen-bond donors (Lipinski definition) is 1. The van der Waals surface area contributed by atoms with E-state index < -0.39 is 0 Å². The van der Waals surface area contributed by atoms with Crippen LogP contribution in [0.1, 0.15) is 55.2 Å². The minimum absolute atomic E-state index is 0.998. The Balaban J connectivity index is 1.48. The lowest BCUT2D eigenvalue weighted by molar-refractivity contribution is 0.0827. The summed E-state index contributed by atoms with van der Waals surface area (Å²) in [5.41, 5.74) is 0. The lowest BCUT2D eigenvalue weighted by Gasteiger charge is -2.41. The van der Waals surface area contributed by atoms with Crippen molar-refractivity contribution in [3.63, 3.8) is 0 Å². The zero-order valence-corrected chi connectivity index (χ0v) is 14.3. The first-order valence-electron chi connectivity index (χ1n) is 8.86. The van der Waals surface area contributed by atoms with Gasteiger partial charge in [0.15, 0.2) is 0 Å². The maximum absolute atomic E-state index is 3.50. The van der Waals surface area contributed by atoms with E-state index in [9.17, 15) is 0 Å². The van der Waals surface area contributed by atoms with E-state index in [1.54, 1.807) is 4.88 Å². The van der Waals surface area contributed by atoms with Crippen LogP contribution in [-0.2, 0) is 13.1 Å². The van der Waals surface area contributed by atoms with Gasteiger partial charge in [-0.25, -0.2) is 0 Å². The SMILES string of the molecule is CCCNCc1ccc(CN2CCC3CCCCC3C2)s1. The maximum Gasteiger partial charge on any atom is 0.0328 e. The Hall–Kier alpha value is -0.380. The molecule has 0 aromatic carbocycles. The number of hydrogen-bond acceptors (Lipinski definition) is 3. The average molecular weight is 307 g/mol. The van der Waals surface area contributed by atoms with Crippen LogP contribution in [0.15, 0.2) is 12.1 Å². The maximum atomic E-state index is 3.50. The van der Waals surface area contributed by atoms with E-state index >= 15 is 0 Å². The van der Waals surface area contributed by atoms with Crippen LogP contribution in [-0.4, -0.2) is 24.5 Å². The molecule has 1 aromatic heterocycles. The van der Waals surface area contributed by atoms with Gasteiger partial charge in [-0.2, -0.15) is 0 Å². The van der Waals surface area contributed by atoms with Gasteiger partial charge < -0.3 is 5.32 Å². The summed E-state index contributed by atoms with van der Waals surface area (Å²) in [7, 11) is 0. The molecule has 2 atom stereocenters. The van der Waals surface area contributed by atoms with Crippen LogP contribution in [0.3, 0.4) is 0 Å². The second kappa shape index (κ2) is 7.75. The fraction of sp³-hybridized carbons (Fsp3) is 0.778. The molecule has 21 heavy (non-hydrogen) atoms. The Kier molecular flexibility index (Phi) is 5.73. The molecule has 3 rings (SSSR count). The minimum atomic E-state index is 0.998. The molecule has 1 N–H and O–H groups in total. The summed E-state index contributed by atoms with van der Waals surface area (Å²) in [5, 5.41) is 3.50. The van der Waals surface area contributed by atoms with E-state index in [1.165, 1.54) is 63.0 Å². The molecule has 2 unspecified atom stereocenters. The van der Waals surface area contributed by atoms with Crippen LogP contribution in [0.25, 0.3) is 0 Å². The zero-order valence-electron chi connectivity index (χ0n) is 13.4. The number of piperidine rings is 1. The van der Waals surface area contributed by atoms with Crippen molar-refractivity contribution in [1.82, 2.24) is 10.2 Å². The highest BCUT2D eigenvalue weighted by molar-refractivity contribution is 7.11. The van der Waals surface area contributed by atoms with Crippen LogP contribution in [0, 0.1) is 11.8 Å². The van der Waals surface area contributed by atoms with Crippen molar-refractivity contribution in [2.45, 2.75) is 58.5 Å². The third-order valence-corrected chi connectivity index (χ3v) is 6.27. The summed E-state index contributed by atoms with van der Waals surface area (Å²) < 4.78 is 0. The Bertz CT molecular complexity index is 429. The standard InChI is InChI=1S/C18H30N2S/c1-2-10-19-12-17-7-8-18(21-17)14-20-11-9-15-5-3-4-6-16(15)13-20/h7-8,15-16,19H,2-6,9-14H2,1H3. The Morgan fingerprint density at radius 1 is 1.14 bits per heavy atom. The first-order chi connectivity index (χ1) is 10.3. The molecule has 2 fully saturated rings. The lowest BCUT2D eigenvalue weighted by Crippen LogP contribution is -2.41. The first kappa shape index (κ1) is 15.5. The van der Waals surface area contributed by atoms with Gasteiger partial charge in [-0.05, 0) is 56.3 Å². The van der Waals surface area contributed by atoms with Crippen LogP contribution in [0.5, 0.6) is 0 Å². The van der Waals surface area contributed by atoms with Crippen molar-refractivity contribution < 1.29 is 0 Å². The number of thiophene rings is 1. The van der Waals surface area contributed by atoms with Gasteiger partial charge in [-0.1, -0.05) is 26.2 Å². The predicted molar refractivity (Wildman–Crippen MR) is 91.7 cm³/mol. The van der Waals surface area contributed by atoms with Gasteiger partial charge in [-0.3, -0.25) is 4.90 Å². The molecule has 1 saturated heterocycles. The van der Waals surface area contributed by atoms with E-state index in [0.717, 1.165) is 24.9 Å². The van der Waals surface area contributed by atoms with Crippen molar-refractivity contribution in [1.29, 1.82) is 0 Å². The summed E-state index contributed by atoms with van der Waals surface area (Å²) in [6.07, 6.45) is 8.61. The summed E-state index contributed by atoms with van der Waals surface area (Å²) in [4.78, 5) is 5.75. The first-order valence-corrected chi connectivity index (χ1v) is 9.67.